The molecule has 0 spiro atoms. The summed E-state index contributed by atoms with van der Waals surface area (Å²) in [6.07, 6.45) is 1.44. The van der Waals surface area contributed by atoms with E-state index >= 15 is 0 Å². The van der Waals surface area contributed by atoms with Crippen molar-refractivity contribution >= 4 is 11.6 Å². The molecule has 150 valence electrons. The fraction of sp³-hybridized carbons (Fsp3) is 0.450. The Morgan fingerprint density at radius 2 is 1.82 bits per heavy atom. The second-order valence-corrected chi connectivity index (χ2v) is 7.11. The van der Waals surface area contributed by atoms with E-state index in [1.54, 1.807) is 14.2 Å². The maximum Gasteiger partial charge on any atom is 0.330 e. The molecule has 1 N–H and O–H groups in total. The van der Waals surface area contributed by atoms with Gasteiger partial charge in [-0.25, -0.2) is 4.79 Å². The molecule has 8 heteroatoms. The minimum Gasteiger partial charge on any atom is -0.495 e. The van der Waals surface area contributed by atoms with Crippen LogP contribution in [0.5, 0.6) is 5.75 Å². The van der Waals surface area contributed by atoms with Crippen LogP contribution < -0.4 is 21.3 Å². The summed E-state index contributed by atoms with van der Waals surface area (Å²) in [6, 6.07) is 8.85. The van der Waals surface area contributed by atoms with Crippen molar-refractivity contribution < 1.29 is 9.53 Å². The number of methoxy groups -OCH3 is 1. The molecular formula is C20H26N4O4. The molecule has 0 atom stereocenters. The van der Waals surface area contributed by atoms with Gasteiger partial charge in [-0.05, 0) is 38.1 Å². The van der Waals surface area contributed by atoms with Gasteiger partial charge in [-0.1, -0.05) is 12.1 Å². The first-order chi connectivity index (χ1) is 13.4. The number of hydrogen-bond donors (Lipinski definition) is 1. The molecule has 1 aromatic heterocycles. The molecule has 28 heavy (non-hydrogen) atoms. The molecule has 1 fully saturated rings. The van der Waals surface area contributed by atoms with Crippen LogP contribution in [0.3, 0.4) is 0 Å². The van der Waals surface area contributed by atoms with Crippen LogP contribution in [-0.4, -0.2) is 40.1 Å². The fourth-order valence-electron chi connectivity index (χ4n) is 3.50. The van der Waals surface area contributed by atoms with Gasteiger partial charge >= 0.3 is 5.69 Å². The summed E-state index contributed by atoms with van der Waals surface area (Å²) in [5.41, 5.74) is 0.732. The Morgan fingerprint density at radius 3 is 2.50 bits per heavy atom. The molecule has 1 amide bonds. The molecule has 0 radical (unpaired) electrons. The standard InChI is InChI=1S/C20H26N4O4/c1-22-15(12-18(25)23(2)20(22)27)13-24-10-8-14(9-11-24)19(26)21-16-6-4-5-7-17(16)28-3/h4-7,12,14H,8-11,13H2,1-3H3,(H,21,26). The maximum atomic E-state index is 12.6. The lowest BCUT2D eigenvalue weighted by Gasteiger charge is -2.31. The Hall–Kier alpha value is -2.87. The maximum absolute atomic E-state index is 12.6. The average molecular weight is 386 g/mol. The second-order valence-electron chi connectivity index (χ2n) is 7.11. The molecule has 1 aliphatic rings. The Kier molecular flexibility index (Phi) is 5.99. The number of carbonyl (C=O) groups excluding carboxylic acids is 1. The lowest BCUT2D eigenvalue weighted by molar-refractivity contribution is -0.121. The van der Waals surface area contributed by atoms with Crippen LogP contribution in [0.15, 0.2) is 39.9 Å². The average Bonchev–Trinajstić information content (AvgIpc) is 2.71. The van der Waals surface area contributed by atoms with Gasteiger partial charge in [-0.2, -0.15) is 0 Å². The van der Waals surface area contributed by atoms with E-state index in [1.165, 1.54) is 17.7 Å². The number of nitrogens with zero attached hydrogens (tertiary/aromatic N) is 3. The van der Waals surface area contributed by atoms with Gasteiger partial charge in [-0.15, -0.1) is 0 Å². The van der Waals surface area contributed by atoms with Crippen LogP contribution in [0.2, 0.25) is 0 Å². The van der Waals surface area contributed by atoms with Crippen molar-refractivity contribution in [3.63, 3.8) is 0 Å². The summed E-state index contributed by atoms with van der Waals surface area (Å²) < 4.78 is 7.87. The normalized spacial score (nSPS) is 15.4. The van der Waals surface area contributed by atoms with Crippen LogP contribution in [0.25, 0.3) is 0 Å². The highest BCUT2D eigenvalue weighted by Gasteiger charge is 2.26. The molecule has 2 aromatic rings. The van der Waals surface area contributed by atoms with Crippen LogP contribution in [0.4, 0.5) is 5.69 Å². The molecule has 0 unspecified atom stereocenters. The van der Waals surface area contributed by atoms with Crippen LogP contribution in [-0.2, 0) is 25.4 Å². The molecule has 1 aliphatic heterocycles. The first-order valence-electron chi connectivity index (χ1n) is 9.33. The molecule has 0 saturated carbocycles. The molecule has 3 rings (SSSR count). The lowest BCUT2D eigenvalue weighted by atomic mass is 9.95. The van der Waals surface area contributed by atoms with Gasteiger partial charge in [0.05, 0.1) is 12.8 Å². The highest BCUT2D eigenvalue weighted by Crippen LogP contribution is 2.26. The molecule has 1 aromatic carbocycles. The van der Waals surface area contributed by atoms with E-state index in [2.05, 4.69) is 10.2 Å². The Balaban J connectivity index is 1.60. The van der Waals surface area contributed by atoms with Gasteiger partial charge in [0.2, 0.25) is 5.91 Å². The van der Waals surface area contributed by atoms with Crippen molar-refractivity contribution in [3.8, 4) is 5.75 Å². The number of amides is 1. The van der Waals surface area contributed by atoms with E-state index in [4.69, 9.17) is 4.74 Å². The third-order valence-electron chi connectivity index (χ3n) is 5.33. The number of rotatable bonds is 5. The Labute approximate surface area is 163 Å². The number of nitrogens with one attached hydrogen (secondary N) is 1. The van der Waals surface area contributed by atoms with Crippen molar-refractivity contribution in [1.82, 2.24) is 14.0 Å². The predicted molar refractivity (Wildman–Crippen MR) is 107 cm³/mol. The summed E-state index contributed by atoms with van der Waals surface area (Å²) in [5, 5.41) is 2.95. The van der Waals surface area contributed by atoms with Crippen molar-refractivity contribution in [2.45, 2.75) is 19.4 Å². The van der Waals surface area contributed by atoms with Crippen LogP contribution in [0, 0.1) is 5.92 Å². The van der Waals surface area contributed by atoms with Crippen molar-refractivity contribution in [3.05, 3.63) is 56.9 Å². The number of hydrogen-bond acceptors (Lipinski definition) is 5. The quantitative estimate of drug-likeness (QED) is 0.827. The second kappa shape index (κ2) is 8.43. The highest BCUT2D eigenvalue weighted by atomic mass is 16.5. The predicted octanol–water partition coefficient (Wildman–Crippen LogP) is 0.943. The van der Waals surface area contributed by atoms with Gasteiger partial charge in [-0.3, -0.25) is 23.6 Å². The summed E-state index contributed by atoms with van der Waals surface area (Å²) in [4.78, 5) is 38.7. The smallest absolute Gasteiger partial charge is 0.330 e. The van der Waals surface area contributed by atoms with Gasteiger partial charge in [0.15, 0.2) is 0 Å². The topological polar surface area (TPSA) is 85.6 Å². The van der Waals surface area contributed by atoms with E-state index in [0.717, 1.165) is 30.5 Å². The minimum absolute atomic E-state index is 0.00914. The summed E-state index contributed by atoms with van der Waals surface area (Å²) in [5.74, 6) is 0.554. The number of carbonyl (C=O) groups is 1. The zero-order valence-corrected chi connectivity index (χ0v) is 16.5. The van der Waals surface area contributed by atoms with Crippen molar-refractivity contribution in [1.29, 1.82) is 0 Å². The zero-order chi connectivity index (χ0) is 20.3. The van der Waals surface area contributed by atoms with Gasteiger partial charge < -0.3 is 10.1 Å². The third kappa shape index (κ3) is 4.17. The monoisotopic (exact) mass is 386 g/mol. The number of ether oxygens (including phenoxy) is 1. The first kappa shape index (κ1) is 19.9. The van der Waals surface area contributed by atoms with Gasteiger partial charge in [0.25, 0.3) is 5.56 Å². The molecular weight excluding hydrogens is 360 g/mol. The van der Waals surface area contributed by atoms with E-state index in [0.29, 0.717) is 23.7 Å². The lowest BCUT2D eigenvalue weighted by Crippen LogP contribution is -2.42. The number of benzene rings is 1. The minimum atomic E-state index is -0.325. The number of likely N-dealkylation sites (tertiary alicyclic amines) is 1. The van der Waals surface area contributed by atoms with Gasteiger partial charge in [0.1, 0.15) is 5.75 Å². The number of piperidine rings is 1. The Bertz CT molecular complexity index is 971. The van der Waals surface area contributed by atoms with Crippen LogP contribution in [0.1, 0.15) is 18.5 Å². The Morgan fingerprint density at radius 1 is 1.14 bits per heavy atom. The summed E-state index contributed by atoms with van der Waals surface area (Å²) >= 11 is 0. The zero-order valence-electron chi connectivity index (χ0n) is 16.5. The van der Waals surface area contributed by atoms with E-state index in [9.17, 15) is 14.4 Å². The van der Waals surface area contributed by atoms with Crippen molar-refractivity contribution in [2.75, 3.05) is 25.5 Å². The van der Waals surface area contributed by atoms with Gasteiger partial charge in [0, 0.05) is 38.3 Å². The molecule has 2 heterocycles. The van der Waals surface area contributed by atoms with Crippen LogP contribution >= 0.6 is 0 Å². The molecule has 0 bridgehead atoms. The fourth-order valence-corrected chi connectivity index (χ4v) is 3.50. The number of anilines is 1. The van der Waals surface area contributed by atoms with Crippen molar-refractivity contribution in [2.24, 2.45) is 20.0 Å². The first-order valence-corrected chi connectivity index (χ1v) is 9.33. The molecule has 1 saturated heterocycles. The molecule has 8 nitrogen and oxygen atoms in total. The summed E-state index contributed by atoms with van der Waals surface area (Å²) in [7, 11) is 4.72. The SMILES string of the molecule is COc1ccccc1NC(=O)C1CCN(Cc2cc(=O)n(C)c(=O)n2C)CC1. The number of para-hydroxylation sites is 2. The number of aromatic nitrogens is 2. The largest absolute Gasteiger partial charge is 0.495 e. The third-order valence-corrected chi connectivity index (χ3v) is 5.33. The van der Waals surface area contributed by atoms with E-state index < -0.39 is 0 Å². The van der Waals surface area contributed by atoms with E-state index in [-0.39, 0.29) is 23.1 Å². The van der Waals surface area contributed by atoms with E-state index in [1.807, 2.05) is 24.3 Å². The summed E-state index contributed by atoms with van der Waals surface area (Å²) in [6.45, 7) is 1.98. The molecule has 0 aliphatic carbocycles. The highest BCUT2D eigenvalue weighted by molar-refractivity contribution is 5.94.